The molecule has 0 radical (unpaired) electrons. The largest absolute Gasteiger partial charge is 0.289 e. The van der Waals surface area contributed by atoms with E-state index in [1.165, 1.54) is 6.07 Å². The maximum Gasteiger partial charge on any atom is 0.246 e. The first kappa shape index (κ1) is 10.2. The number of hydrogen-bond acceptors (Lipinski definition) is 1. The molecule has 1 unspecified atom stereocenters. The number of benzene rings is 1. The van der Waals surface area contributed by atoms with Gasteiger partial charge in [-0.15, -0.1) is 6.42 Å². The molecule has 15 heavy (non-hydrogen) atoms. The third-order valence-corrected chi connectivity index (χ3v) is 2.92. The molecule has 0 heterocycles. The molecule has 1 aromatic rings. The Morgan fingerprint density at radius 1 is 1.53 bits per heavy atom. The molecule has 1 aromatic carbocycles. The van der Waals surface area contributed by atoms with Crippen molar-refractivity contribution in [1.82, 2.24) is 0 Å². The summed E-state index contributed by atoms with van der Waals surface area (Å²) < 4.78 is 13.5. The first-order chi connectivity index (χ1) is 7.04. The maximum absolute atomic E-state index is 13.5. The van der Waals surface area contributed by atoms with Crippen molar-refractivity contribution in [2.45, 2.75) is 18.0 Å². The molecule has 0 amide bonds. The lowest BCUT2D eigenvalue weighted by molar-refractivity contribution is 0.0802. The molecule has 1 aliphatic rings. The number of halogens is 2. The highest BCUT2D eigenvalue weighted by atomic mass is 35.5. The van der Waals surface area contributed by atoms with Crippen LogP contribution in [0.1, 0.15) is 27.9 Å². The zero-order chi connectivity index (χ0) is 11.1. The lowest BCUT2D eigenvalue weighted by atomic mass is 9.88. The van der Waals surface area contributed by atoms with Gasteiger partial charge in [0.05, 0.1) is 0 Å². The van der Waals surface area contributed by atoms with Gasteiger partial charge < -0.3 is 0 Å². The molecule has 0 N–H and O–H groups in total. The summed E-state index contributed by atoms with van der Waals surface area (Å²) in [6.45, 7) is 0. The van der Waals surface area contributed by atoms with E-state index in [1.54, 1.807) is 12.1 Å². The Bertz CT molecular complexity index is 471. The molecule has 0 aromatic heterocycles. The molecule has 2 rings (SSSR count). The fourth-order valence-electron chi connectivity index (χ4n) is 1.70. The summed E-state index contributed by atoms with van der Waals surface area (Å²) in [4.78, 5) is 11.6. The number of rotatable bonds is 0. The second-order valence-corrected chi connectivity index (χ2v) is 4.15. The van der Waals surface area contributed by atoms with Crippen LogP contribution in [0.5, 0.6) is 0 Å². The van der Waals surface area contributed by atoms with Crippen LogP contribution in [0.15, 0.2) is 18.2 Å². The number of hydrogen-bond donors (Lipinski definition) is 0. The molecular formula is C12H8ClFO. The van der Waals surface area contributed by atoms with Crippen LogP contribution in [-0.4, -0.2) is 10.9 Å². The van der Waals surface area contributed by atoms with Crippen LogP contribution in [-0.2, 0) is 6.42 Å². The van der Waals surface area contributed by atoms with Gasteiger partial charge in [-0.25, -0.2) is 4.39 Å². The van der Waals surface area contributed by atoms with Gasteiger partial charge in [0.25, 0.3) is 0 Å². The molecule has 0 spiro atoms. The lowest BCUT2D eigenvalue weighted by Gasteiger charge is -2.24. The zero-order valence-corrected chi connectivity index (χ0v) is 8.64. The van der Waals surface area contributed by atoms with Gasteiger partial charge in [-0.05, 0) is 24.1 Å². The van der Waals surface area contributed by atoms with Crippen molar-refractivity contribution in [1.29, 1.82) is 0 Å². The van der Waals surface area contributed by atoms with Gasteiger partial charge in [0.1, 0.15) is 0 Å². The summed E-state index contributed by atoms with van der Waals surface area (Å²) >= 11 is 5.48. The Labute approximate surface area is 92.2 Å². The monoisotopic (exact) mass is 222 g/mol. The van der Waals surface area contributed by atoms with E-state index in [2.05, 4.69) is 5.92 Å². The fourth-order valence-corrected chi connectivity index (χ4v) is 1.89. The number of aryl methyl sites for hydroxylation is 1. The predicted octanol–water partition coefficient (Wildman–Crippen LogP) is 2.70. The van der Waals surface area contributed by atoms with Crippen LogP contribution in [0.3, 0.4) is 0 Å². The number of fused-ring (bicyclic) bond motifs is 1. The number of Topliss-reactive ketones (excluding diaryl/α,β-unsaturated/α-hetero) is 1. The van der Waals surface area contributed by atoms with E-state index in [4.69, 9.17) is 18.0 Å². The number of terminal acetylenes is 1. The molecule has 0 saturated carbocycles. The third kappa shape index (κ3) is 1.64. The van der Waals surface area contributed by atoms with Gasteiger partial charge in [-0.3, -0.25) is 4.79 Å². The first-order valence-corrected chi connectivity index (χ1v) is 4.94. The standard InChI is InChI=1S/C12H8ClFO/c1-2-8-3-4-9-5-6-12(13,14)11(15)10(9)7-8/h1,3-4,7H,5-6H2. The Kier molecular flexibility index (Phi) is 2.28. The SMILES string of the molecule is C#Cc1ccc2c(c1)C(=O)C(F)(Cl)CC2. The number of carbonyl (C=O) groups is 1. The van der Waals surface area contributed by atoms with Crippen LogP contribution >= 0.6 is 11.6 Å². The van der Waals surface area contributed by atoms with Gasteiger partial charge >= 0.3 is 0 Å². The second-order valence-electron chi connectivity index (χ2n) is 3.55. The average molecular weight is 223 g/mol. The molecule has 0 saturated heterocycles. The molecular weight excluding hydrogens is 215 g/mol. The zero-order valence-electron chi connectivity index (χ0n) is 7.89. The van der Waals surface area contributed by atoms with Crippen LogP contribution in [0.4, 0.5) is 4.39 Å². The predicted molar refractivity (Wildman–Crippen MR) is 56.7 cm³/mol. The molecule has 1 aliphatic carbocycles. The number of alkyl halides is 2. The van der Waals surface area contributed by atoms with Crippen LogP contribution < -0.4 is 0 Å². The van der Waals surface area contributed by atoms with Gasteiger partial charge in [0.2, 0.25) is 10.9 Å². The van der Waals surface area contributed by atoms with Gasteiger partial charge in [0, 0.05) is 17.5 Å². The van der Waals surface area contributed by atoms with Crippen molar-refractivity contribution >= 4 is 17.4 Å². The van der Waals surface area contributed by atoms with Crippen molar-refractivity contribution < 1.29 is 9.18 Å². The number of ketones is 1. The van der Waals surface area contributed by atoms with Crippen molar-refractivity contribution in [3.05, 3.63) is 34.9 Å². The van der Waals surface area contributed by atoms with Crippen molar-refractivity contribution in [2.75, 3.05) is 0 Å². The minimum absolute atomic E-state index is 0.0236. The van der Waals surface area contributed by atoms with E-state index in [-0.39, 0.29) is 6.42 Å². The van der Waals surface area contributed by atoms with E-state index >= 15 is 0 Å². The molecule has 0 aliphatic heterocycles. The molecule has 0 bridgehead atoms. The highest BCUT2D eigenvalue weighted by molar-refractivity contribution is 6.37. The van der Waals surface area contributed by atoms with E-state index in [9.17, 15) is 9.18 Å². The Morgan fingerprint density at radius 2 is 2.27 bits per heavy atom. The minimum Gasteiger partial charge on any atom is -0.289 e. The first-order valence-electron chi connectivity index (χ1n) is 4.57. The van der Waals surface area contributed by atoms with Crippen LogP contribution in [0.2, 0.25) is 0 Å². The van der Waals surface area contributed by atoms with Crippen molar-refractivity contribution in [3.8, 4) is 12.3 Å². The molecule has 76 valence electrons. The highest BCUT2D eigenvalue weighted by Crippen LogP contribution is 2.35. The molecule has 1 atom stereocenters. The summed E-state index contributed by atoms with van der Waals surface area (Å²) in [5.74, 6) is 1.73. The van der Waals surface area contributed by atoms with E-state index in [1.807, 2.05) is 0 Å². The average Bonchev–Trinajstić information content (AvgIpc) is 2.24. The quantitative estimate of drug-likeness (QED) is 0.487. The normalized spacial score (nSPS) is 24.5. The van der Waals surface area contributed by atoms with Gasteiger partial charge in [0.15, 0.2) is 0 Å². The topological polar surface area (TPSA) is 17.1 Å². The number of carbonyl (C=O) groups excluding carboxylic acids is 1. The molecule has 1 nitrogen and oxygen atoms in total. The maximum atomic E-state index is 13.5. The van der Waals surface area contributed by atoms with E-state index in [0.29, 0.717) is 17.5 Å². The summed E-state index contributed by atoms with van der Waals surface area (Å²) in [7, 11) is 0. The Morgan fingerprint density at radius 3 is 2.93 bits per heavy atom. The van der Waals surface area contributed by atoms with Crippen LogP contribution in [0.25, 0.3) is 0 Å². The van der Waals surface area contributed by atoms with Crippen molar-refractivity contribution in [3.63, 3.8) is 0 Å². The summed E-state index contributed by atoms with van der Waals surface area (Å²) in [5, 5.41) is -2.26. The third-order valence-electron chi connectivity index (χ3n) is 2.56. The van der Waals surface area contributed by atoms with Gasteiger partial charge in [-0.2, -0.15) is 0 Å². The highest BCUT2D eigenvalue weighted by Gasteiger charge is 2.41. The van der Waals surface area contributed by atoms with Crippen molar-refractivity contribution in [2.24, 2.45) is 0 Å². The summed E-state index contributed by atoms with van der Waals surface area (Å²) in [5.41, 5.74) is 1.69. The summed E-state index contributed by atoms with van der Waals surface area (Å²) in [6, 6.07) is 5.02. The second kappa shape index (κ2) is 3.36. The minimum atomic E-state index is -2.26. The van der Waals surface area contributed by atoms with Crippen LogP contribution in [0, 0.1) is 12.3 Å². The van der Waals surface area contributed by atoms with Gasteiger partial charge in [-0.1, -0.05) is 23.6 Å². The Balaban J connectivity index is 2.55. The molecule has 0 fully saturated rings. The van der Waals surface area contributed by atoms with E-state index < -0.39 is 10.9 Å². The van der Waals surface area contributed by atoms with E-state index in [0.717, 1.165) is 5.56 Å². The fraction of sp³-hybridized carbons (Fsp3) is 0.250. The Hall–Kier alpha value is -1.33. The smallest absolute Gasteiger partial charge is 0.246 e. The summed E-state index contributed by atoms with van der Waals surface area (Å²) in [6.07, 6.45) is 5.70. The lowest BCUT2D eigenvalue weighted by Crippen LogP contribution is -2.33. The molecule has 3 heteroatoms.